The molecular weight excluding hydrogens is 279 g/mol. The molecule has 0 aliphatic carbocycles. The van der Waals surface area contributed by atoms with Gasteiger partial charge in [-0.3, -0.25) is 0 Å². The molecule has 5 heteroatoms. The molecule has 0 bridgehead atoms. The number of rotatable bonds is 2. The lowest BCUT2D eigenvalue weighted by Crippen LogP contribution is -2.45. The van der Waals surface area contributed by atoms with Crippen LogP contribution in [-0.4, -0.2) is 31.1 Å². The van der Waals surface area contributed by atoms with E-state index in [1.165, 1.54) is 5.56 Å². The van der Waals surface area contributed by atoms with Gasteiger partial charge in [0, 0.05) is 30.7 Å². The average molecular weight is 298 g/mol. The van der Waals surface area contributed by atoms with E-state index in [2.05, 4.69) is 23.2 Å². The molecule has 2 rings (SSSR count). The third-order valence-electron chi connectivity index (χ3n) is 2.99. The highest BCUT2D eigenvalue weighted by Gasteiger charge is 2.20. The Kier molecular flexibility index (Phi) is 8.18. The fourth-order valence-corrected chi connectivity index (χ4v) is 2.33. The van der Waals surface area contributed by atoms with Gasteiger partial charge in [-0.2, -0.15) is 0 Å². The van der Waals surface area contributed by atoms with Crippen molar-refractivity contribution in [1.82, 2.24) is 10.2 Å². The Bertz CT molecular complexity index is 333. The van der Waals surface area contributed by atoms with Gasteiger partial charge in [0.25, 0.3) is 0 Å². The normalized spacial score (nSPS) is 20.2. The number of hydrogen-bond acceptors (Lipinski definition) is 2. The molecule has 2 nitrogen and oxygen atoms in total. The largest absolute Gasteiger partial charge is 0.308 e. The maximum Gasteiger partial charge on any atom is 0.0464 e. The van der Waals surface area contributed by atoms with E-state index in [0.717, 1.165) is 31.2 Å². The summed E-state index contributed by atoms with van der Waals surface area (Å²) in [6.07, 6.45) is 0. The van der Waals surface area contributed by atoms with Crippen LogP contribution in [0.2, 0.25) is 5.02 Å². The molecule has 1 fully saturated rings. The maximum absolute atomic E-state index is 6.19. The van der Waals surface area contributed by atoms with Gasteiger partial charge >= 0.3 is 0 Å². The van der Waals surface area contributed by atoms with Gasteiger partial charge in [-0.05, 0) is 18.2 Å². The topological polar surface area (TPSA) is 15.3 Å². The Labute approximate surface area is 121 Å². The summed E-state index contributed by atoms with van der Waals surface area (Å²) in [5.74, 6) is 0. The van der Waals surface area contributed by atoms with Crippen LogP contribution >= 0.6 is 36.4 Å². The van der Waals surface area contributed by atoms with Gasteiger partial charge in [0.2, 0.25) is 0 Å². The fourth-order valence-electron chi connectivity index (χ4n) is 2.06. The van der Waals surface area contributed by atoms with Crippen LogP contribution < -0.4 is 5.32 Å². The molecule has 0 aromatic heterocycles. The van der Waals surface area contributed by atoms with Crippen molar-refractivity contribution in [3.05, 3.63) is 34.9 Å². The molecule has 17 heavy (non-hydrogen) atoms. The molecule has 1 heterocycles. The molecule has 1 atom stereocenters. The lowest BCUT2D eigenvalue weighted by Gasteiger charge is -2.33. The first-order chi connectivity index (χ1) is 7.31. The second-order valence-corrected chi connectivity index (χ2v) is 4.33. The fraction of sp³-hybridized carbons (Fsp3) is 0.500. The number of halogens is 3. The summed E-state index contributed by atoms with van der Waals surface area (Å²) in [4.78, 5) is 2.45. The highest BCUT2D eigenvalue weighted by molar-refractivity contribution is 6.31. The summed E-state index contributed by atoms with van der Waals surface area (Å²) in [7, 11) is 0. The Morgan fingerprint density at radius 2 is 2.06 bits per heavy atom. The van der Waals surface area contributed by atoms with Gasteiger partial charge in [-0.25, -0.2) is 0 Å². The first-order valence-electron chi connectivity index (χ1n) is 5.51. The van der Waals surface area contributed by atoms with Gasteiger partial charge in [0.1, 0.15) is 0 Å². The third-order valence-corrected chi connectivity index (χ3v) is 3.33. The summed E-state index contributed by atoms with van der Waals surface area (Å²) in [5.41, 5.74) is 1.22. The quantitative estimate of drug-likeness (QED) is 0.902. The molecule has 1 N–H and O–H groups in total. The van der Waals surface area contributed by atoms with Gasteiger partial charge in [-0.1, -0.05) is 36.7 Å². The highest BCUT2D eigenvalue weighted by atomic mass is 35.5. The number of nitrogens with zero attached hydrogens (tertiary/aromatic N) is 1. The summed E-state index contributed by atoms with van der Waals surface area (Å²) < 4.78 is 0. The predicted molar refractivity (Wildman–Crippen MR) is 78.8 cm³/mol. The minimum absolute atomic E-state index is 0. The summed E-state index contributed by atoms with van der Waals surface area (Å²) >= 11 is 6.19. The van der Waals surface area contributed by atoms with Crippen LogP contribution in [0.1, 0.15) is 18.5 Å². The van der Waals surface area contributed by atoms with Crippen molar-refractivity contribution in [2.75, 3.05) is 26.2 Å². The van der Waals surface area contributed by atoms with E-state index < -0.39 is 0 Å². The van der Waals surface area contributed by atoms with Gasteiger partial charge < -0.3 is 10.2 Å². The van der Waals surface area contributed by atoms with Crippen LogP contribution in [-0.2, 0) is 0 Å². The molecule has 1 aromatic rings. The van der Waals surface area contributed by atoms with E-state index in [9.17, 15) is 0 Å². The molecule has 1 aliphatic heterocycles. The second-order valence-electron chi connectivity index (χ2n) is 3.92. The van der Waals surface area contributed by atoms with Crippen molar-refractivity contribution in [1.29, 1.82) is 0 Å². The summed E-state index contributed by atoms with van der Waals surface area (Å²) in [6.45, 7) is 6.55. The van der Waals surface area contributed by atoms with Crippen molar-refractivity contribution < 1.29 is 0 Å². The lowest BCUT2D eigenvalue weighted by atomic mass is 10.0. The second kappa shape index (κ2) is 8.17. The Morgan fingerprint density at radius 3 is 2.71 bits per heavy atom. The van der Waals surface area contributed by atoms with Crippen LogP contribution in [0.3, 0.4) is 0 Å². The molecule has 0 radical (unpaired) electrons. The smallest absolute Gasteiger partial charge is 0.0464 e. The van der Waals surface area contributed by atoms with Crippen LogP contribution in [0, 0.1) is 0 Å². The SMILES string of the molecule is CCN1CCNC(c2ccccc2Cl)C1.Cl.Cl. The molecule has 1 aromatic carbocycles. The molecule has 98 valence electrons. The van der Waals surface area contributed by atoms with E-state index >= 15 is 0 Å². The van der Waals surface area contributed by atoms with Crippen molar-refractivity contribution in [2.24, 2.45) is 0 Å². The van der Waals surface area contributed by atoms with Crippen LogP contribution in [0.15, 0.2) is 24.3 Å². The molecule has 0 amide bonds. The lowest BCUT2D eigenvalue weighted by molar-refractivity contribution is 0.210. The predicted octanol–water partition coefficient (Wildman–Crippen LogP) is 3.15. The van der Waals surface area contributed by atoms with E-state index in [-0.39, 0.29) is 24.8 Å². The first kappa shape index (κ1) is 17.0. The van der Waals surface area contributed by atoms with Crippen LogP contribution in [0.4, 0.5) is 0 Å². The zero-order chi connectivity index (χ0) is 10.7. The van der Waals surface area contributed by atoms with E-state index in [1.54, 1.807) is 0 Å². The summed E-state index contributed by atoms with van der Waals surface area (Å²) in [5, 5.41) is 4.38. The van der Waals surface area contributed by atoms with Gasteiger partial charge in [-0.15, -0.1) is 24.8 Å². The Hall–Kier alpha value is 0.01000. The Balaban J connectivity index is 0.00000128. The minimum atomic E-state index is 0. The standard InChI is InChI=1S/C12H17ClN2.2ClH/c1-2-15-8-7-14-12(9-15)10-5-3-4-6-11(10)13;;/h3-6,12,14H,2,7-9H2,1H3;2*1H. The van der Waals surface area contributed by atoms with Crippen molar-refractivity contribution >= 4 is 36.4 Å². The van der Waals surface area contributed by atoms with Crippen LogP contribution in [0.25, 0.3) is 0 Å². The number of hydrogen-bond donors (Lipinski definition) is 1. The maximum atomic E-state index is 6.19. The van der Waals surface area contributed by atoms with E-state index in [1.807, 2.05) is 18.2 Å². The molecule has 0 spiro atoms. The molecule has 0 saturated carbocycles. The number of nitrogens with one attached hydrogen (secondary N) is 1. The number of piperazine rings is 1. The number of likely N-dealkylation sites (N-methyl/N-ethyl adjacent to an activating group) is 1. The summed E-state index contributed by atoms with van der Waals surface area (Å²) in [6, 6.07) is 8.48. The zero-order valence-electron chi connectivity index (χ0n) is 9.86. The monoisotopic (exact) mass is 296 g/mol. The van der Waals surface area contributed by atoms with E-state index in [4.69, 9.17) is 11.6 Å². The Morgan fingerprint density at radius 1 is 1.35 bits per heavy atom. The van der Waals surface area contributed by atoms with Crippen molar-refractivity contribution in [2.45, 2.75) is 13.0 Å². The molecular formula is C12H19Cl3N2. The molecule has 1 saturated heterocycles. The van der Waals surface area contributed by atoms with Crippen molar-refractivity contribution in [3.63, 3.8) is 0 Å². The van der Waals surface area contributed by atoms with Gasteiger partial charge in [0.05, 0.1) is 0 Å². The molecule has 1 unspecified atom stereocenters. The number of benzene rings is 1. The zero-order valence-corrected chi connectivity index (χ0v) is 12.2. The average Bonchev–Trinajstić information content (AvgIpc) is 2.30. The minimum Gasteiger partial charge on any atom is -0.308 e. The first-order valence-corrected chi connectivity index (χ1v) is 5.89. The van der Waals surface area contributed by atoms with Crippen molar-refractivity contribution in [3.8, 4) is 0 Å². The molecule has 1 aliphatic rings. The third kappa shape index (κ3) is 4.31. The van der Waals surface area contributed by atoms with E-state index in [0.29, 0.717) is 6.04 Å². The highest BCUT2D eigenvalue weighted by Crippen LogP contribution is 2.24. The van der Waals surface area contributed by atoms with Crippen LogP contribution in [0.5, 0.6) is 0 Å². The van der Waals surface area contributed by atoms with Gasteiger partial charge in [0.15, 0.2) is 0 Å².